The summed E-state index contributed by atoms with van der Waals surface area (Å²) in [5.74, 6) is -0.685. The molecular weight excluding hydrogens is 236 g/mol. The number of hydrogen-bond donors (Lipinski definition) is 2. The number of anilines is 1. The first kappa shape index (κ1) is 11.9. The van der Waals surface area contributed by atoms with Crippen LogP contribution in [0.3, 0.4) is 0 Å². The normalized spacial score (nSPS) is 13.9. The number of carbonyl (C=O) groups is 2. The topological polar surface area (TPSA) is 72.2 Å². The maximum Gasteiger partial charge on any atom is 0.251 e. The number of amides is 2. The van der Waals surface area contributed by atoms with Gasteiger partial charge < -0.3 is 11.1 Å². The number of hydrogen-bond acceptors (Lipinski definition) is 3. The van der Waals surface area contributed by atoms with Gasteiger partial charge in [0.25, 0.3) is 5.91 Å². The van der Waals surface area contributed by atoms with Crippen LogP contribution in [0, 0.1) is 0 Å². The summed E-state index contributed by atoms with van der Waals surface area (Å²) >= 11 is 1.46. The molecule has 1 aromatic rings. The number of nitrogens with one attached hydrogen (secondary N) is 1. The second-order valence-electron chi connectivity index (χ2n) is 3.91. The lowest BCUT2D eigenvalue weighted by molar-refractivity contribution is -0.111. The molecule has 0 spiro atoms. The van der Waals surface area contributed by atoms with Crippen LogP contribution in [0.25, 0.3) is 0 Å². The Bertz CT molecular complexity index is 503. The predicted octanol–water partition coefficient (Wildman–Crippen LogP) is 1.85. The lowest BCUT2D eigenvalue weighted by Crippen LogP contribution is -2.16. The Morgan fingerprint density at radius 1 is 1.41 bits per heavy atom. The highest BCUT2D eigenvalue weighted by atomic mass is 32.1. The molecule has 0 bridgehead atoms. The van der Waals surface area contributed by atoms with E-state index in [0.717, 1.165) is 24.8 Å². The Morgan fingerprint density at radius 3 is 2.82 bits per heavy atom. The van der Waals surface area contributed by atoms with Crippen molar-refractivity contribution in [2.45, 2.75) is 26.2 Å². The van der Waals surface area contributed by atoms with E-state index in [2.05, 4.69) is 5.32 Å². The standard InChI is InChI=1S/C12H14N2O2S/c1-2-4-9(15)14-12-10(11(13)16)7-5-3-6-8(7)17-12/h2,4H,3,5-6H2,1H3,(H2,13,16)(H,14,15)/b4-2+. The molecule has 4 nitrogen and oxygen atoms in total. The van der Waals surface area contributed by atoms with Crippen LogP contribution < -0.4 is 11.1 Å². The van der Waals surface area contributed by atoms with Crippen molar-refractivity contribution in [3.63, 3.8) is 0 Å². The van der Waals surface area contributed by atoms with Gasteiger partial charge >= 0.3 is 0 Å². The van der Waals surface area contributed by atoms with E-state index in [1.807, 2.05) is 0 Å². The van der Waals surface area contributed by atoms with Gasteiger partial charge in [0.2, 0.25) is 5.91 Å². The second-order valence-corrected chi connectivity index (χ2v) is 5.02. The molecule has 2 amide bonds. The zero-order chi connectivity index (χ0) is 12.4. The van der Waals surface area contributed by atoms with Crippen LogP contribution in [0.15, 0.2) is 12.2 Å². The molecule has 0 unspecified atom stereocenters. The van der Waals surface area contributed by atoms with Gasteiger partial charge in [0.15, 0.2) is 0 Å². The highest BCUT2D eigenvalue weighted by molar-refractivity contribution is 7.17. The van der Waals surface area contributed by atoms with E-state index in [0.29, 0.717) is 10.6 Å². The average molecular weight is 250 g/mol. The van der Waals surface area contributed by atoms with Crippen LogP contribution in [0.2, 0.25) is 0 Å². The smallest absolute Gasteiger partial charge is 0.251 e. The van der Waals surface area contributed by atoms with Crippen molar-refractivity contribution in [2.24, 2.45) is 5.73 Å². The number of nitrogens with two attached hydrogens (primary N) is 1. The lowest BCUT2D eigenvalue weighted by Gasteiger charge is -2.03. The van der Waals surface area contributed by atoms with Crippen LogP contribution in [0.5, 0.6) is 0 Å². The lowest BCUT2D eigenvalue weighted by atomic mass is 10.1. The Kier molecular flexibility index (Phi) is 3.28. The van der Waals surface area contributed by atoms with E-state index in [1.54, 1.807) is 13.0 Å². The molecule has 0 aromatic carbocycles. The first-order chi connectivity index (χ1) is 8.13. The maximum atomic E-state index is 11.5. The molecule has 1 aliphatic carbocycles. The zero-order valence-electron chi connectivity index (χ0n) is 9.58. The van der Waals surface area contributed by atoms with Gasteiger partial charge in [-0.05, 0) is 37.8 Å². The molecule has 17 heavy (non-hydrogen) atoms. The van der Waals surface area contributed by atoms with E-state index in [-0.39, 0.29) is 5.91 Å². The Labute approximate surface area is 104 Å². The quantitative estimate of drug-likeness (QED) is 0.803. The Hall–Kier alpha value is -1.62. The molecule has 90 valence electrons. The fourth-order valence-electron chi connectivity index (χ4n) is 2.06. The number of thiophene rings is 1. The van der Waals surface area contributed by atoms with Gasteiger partial charge in [0, 0.05) is 4.88 Å². The van der Waals surface area contributed by atoms with Gasteiger partial charge in [-0.1, -0.05) is 6.08 Å². The van der Waals surface area contributed by atoms with Gasteiger partial charge in [-0.15, -0.1) is 11.3 Å². The summed E-state index contributed by atoms with van der Waals surface area (Å²) in [6.45, 7) is 1.77. The largest absolute Gasteiger partial charge is 0.365 e. The molecule has 0 saturated carbocycles. The molecule has 2 rings (SSSR count). The highest BCUT2D eigenvalue weighted by Crippen LogP contribution is 2.38. The van der Waals surface area contributed by atoms with Crippen molar-refractivity contribution >= 4 is 28.2 Å². The number of primary amides is 1. The number of fused-ring (bicyclic) bond motifs is 1. The van der Waals surface area contributed by atoms with Gasteiger partial charge in [-0.3, -0.25) is 9.59 Å². The zero-order valence-corrected chi connectivity index (χ0v) is 10.4. The fourth-order valence-corrected chi connectivity index (χ4v) is 3.36. The minimum absolute atomic E-state index is 0.227. The summed E-state index contributed by atoms with van der Waals surface area (Å²) in [6.07, 6.45) is 5.99. The van der Waals surface area contributed by atoms with Crippen molar-refractivity contribution in [3.05, 3.63) is 28.2 Å². The first-order valence-electron chi connectivity index (χ1n) is 5.51. The number of allylic oxidation sites excluding steroid dienone is 1. The van der Waals surface area contributed by atoms with E-state index in [9.17, 15) is 9.59 Å². The van der Waals surface area contributed by atoms with E-state index in [4.69, 9.17) is 5.73 Å². The molecule has 0 radical (unpaired) electrons. The van der Waals surface area contributed by atoms with E-state index < -0.39 is 5.91 Å². The maximum absolute atomic E-state index is 11.5. The van der Waals surface area contributed by atoms with Gasteiger partial charge in [-0.2, -0.15) is 0 Å². The average Bonchev–Trinajstić information content (AvgIpc) is 2.76. The summed E-state index contributed by atoms with van der Waals surface area (Å²) in [6, 6.07) is 0. The van der Waals surface area contributed by atoms with Crippen molar-refractivity contribution in [2.75, 3.05) is 5.32 Å². The SMILES string of the molecule is C/C=C/C(=O)Nc1sc2c(c1C(N)=O)CCC2. The number of aryl methyl sites for hydroxylation is 1. The van der Waals surface area contributed by atoms with Crippen molar-refractivity contribution in [3.8, 4) is 0 Å². The molecule has 1 aliphatic rings. The summed E-state index contributed by atoms with van der Waals surface area (Å²) in [4.78, 5) is 24.1. The second kappa shape index (κ2) is 4.71. The van der Waals surface area contributed by atoms with Gasteiger partial charge in [0.05, 0.1) is 5.56 Å². The molecule has 0 aliphatic heterocycles. The third-order valence-corrected chi connectivity index (χ3v) is 3.93. The number of carbonyl (C=O) groups excluding carboxylic acids is 2. The Balaban J connectivity index is 2.34. The molecule has 3 N–H and O–H groups in total. The van der Waals surface area contributed by atoms with Crippen LogP contribution in [0.1, 0.15) is 34.1 Å². The summed E-state index contributed by atoms with van der Waals surface area (Å²) in [5.41, 5.74) is 6.91. The van der Waals surface area contributed by atoms with Crippen LogP contribution >= 0.6 is 11.3 Å². The van der Waals surface area contributed by atoms with Crippen molar-refractivity contribution in [1.29, 1.82) is 0 Å². The monoisotopic (exact) mass is 250 g/mol. The third-order valence-electron chi connectivity index (χ3n) is 2.72. The van der Waals surface area contributed by atoms with Crippen LogP contribution in [-0.4, -0.2) is 11.8 Å². The third kappa shape index (κ3) is 2.24. The van der Waals surface area contributed by atoms with Gasteiger partial charge in [0.1, 0.15) is 5.00 Å². The van der Waals surface area contributed by atoms with Crippen LogP contribution in [-0.2, 0) is 17.6 Å². The molecule has 0 atom stereocenters. The van der Waals surface area contributed by atoms with E-state index in [1.165, 1.54) is 22.3 Å². The number of rotatable bonds is 3. The Morgan fingerprint density at radius 2 is 2.18 bits per heavy atom. The van der Waals surface area contributed by atoms with E-state index >= 15 is 0 Å². The summed E-state index contributed by atoms with van der Waals surface area (Å²) in [5, 5.41) is 3.30. The minimum Gasteiger partial charge on any atom is -0.365 e. The predicted molar refractivity (Wildman–Crippen MR) is 68.3 cm³/mol. The molecule has 5 heteroatoms. The molecule has 1 aromatic heterocycles. The molecule has 0 fully saturated rings. The molecular formula is C12H14N2O2S. The molecule has 1 heterocycles. The summed E-state index contributed by atoms with van der Waals surface area (Å²) < 4.78 is 0. The minimum atomic E-state index is -0.458. The van der Waals surface area contributed by atoms with Crippen LogP contribution in [0.4, 0.5) is 5.00 Å². The van der Waals surface area contributed by atoms with Crippen molar-refractivity contribution < 1.29 is 9.59 Å². The fraction of sp³-hybridized carbons (Fsp3) is 0.333. The highest BCUT2D eigenvalue weighted by Gasteiger charge is 2.25. The van der Waals surface area contributed by atoms with Crippen molar-refractivity contribution in [1.82, 2.24) is 0 Å². The summed E-state index contributed by atoms with van der Waals surface area (Å²) in [7, 11) is 0. The molecule has 0 saturated heterocycles. The first-order valence-corrected chi connectivity index (χ1v) is 6.33. The van der Waals surface area contributed by atoms with Gasteiger partial charge in [-0.25, -0.2) is 0 Å².